The van der Waals surface area contributed by atoms with Crippen LogP contribution in [-0.4, -0.2) is 25.7 Å². The Morgan fingerprint density at radius 1 is 1.33 bits per heavy atom. The fraction of sp³-hybridized carbons (Fsp3) is 0.211. The SMILES string of the molecule is CC1(C)C(=O)Nc2nc(-c3cc(C#N)n(Cc4ccccc4F)n3)ncc21. The molecule has 2 aromatic heterocycles. The second kappa shape index (κ2) is 5.99. The van der Waals surface area contributed by atoms with Crippen LogP contribution in [0.25, 0.3) is 11.5 Å². The highest BCUT2D eigenvalue weighted by Gasteiger charge is 2.40. The van der Waals surface area contributed by atoms with Gasteiger partial charge in [0, 0.05) is 23.4 Å². The van der Waals surface area contributed by atoms with Gasteiger partial charge in [-0.05, 0) is 19.9 Å². The van der Waals surface area contributed by atoms with Crippen molar-refractivity contribution in [3.05, 3.63) is 59.2 Å². The van der Waals surface area contributed by atoms with Gasteiger partial charge >= 0.3 is 0 Å². The van der Waals surface area contributed by atoms with Crippen molar-refractivity contribution in [1.29, 1.82) is 5.26 Å². The van der Waals surface area contributed by atoms with E-state index in [1.807, 2.05) is 0 Å². The summed E-state index contributed by atoms with van der Waals surface area (Å²) in [6, 6.07) is 9.93. The highest BCUT2D eigenvalue weighted by molar-refractivity contribution is 6.04. The minimum atomic E-state index is -0.699. The lowest BCUT2D eigenvalue weighted by Gasteiger charge is -2.13. The molecular weight excluding hydrogens is 347 g/mol. The molecule has 0 radical (unpaired) electrons. The van der Waals surface area contributed by atoms with E-state index in [0.29, 0.717) is 22.6 Å². The number of carbonyl (C=O) groups excluding carboxylic acids is 1. The van der Waals surface area contributed by atoms with Crippen LogP contribution < -0.4 is 5.32 Å². The first kappa shape index (κ1) is 16.8. The third-order valence-corrected chi connectivity index (χ3v) is 4.66. The van der Waals surface area contributed by atoms with Crippen LogP contribution in [0.1, 0.15) is 30.7 Å². The smallest absolute Gasteiger partial charge is 0.235 e. The molecule has 3 heterocycles. The van der Waals surface area contributed by atoms with Crippen LogP contribution in [0.3, 0.4) is 0 Å². The average Bonchev–Trinajstić information content (AvgIpc) is 3.15. The van der Waals surface area contributed by atoms with Gasteiger partial charge in [0.15, 0.2) is 5.82 Å². The van der Waals surface area contributed by atoms with Crippen LogP contribution in [-0.2, 0) is 16.8 Å². The van der Waals surface area contributed by atoms with Gasteiger partial charge in [0.2, 0.25) is 5.91 Å². The Labute approximate surface area is 154 Å². The Hall–Kier alpha value is -3.60. The van der Waals surface area contributed by atoms with Crippen LogP contribution in [0.5, 0.6) is 0 Å². The number of nitrogens with zero attached hydrogens (tertiary/aromatic N) is 5. The second-order valence-corrected chi connectivity index (χ2v) is 6.81. The number of carbonyl (C=O) groups is 1. The van der Waals surface area contributed by atoms with Gasteiger partial charge < -0.3 is 5.32 Å². The van der Waals surface area contributed by atoms with Crippen LogP contribution >= 0.6 is 0 Å². The summed E-state index contributed by atoms with van der Waals surface area (Å²) in [6.45, 7) is 3.71. The number of hydrogen-bond acceptors (Lipinski definition) is 5. The fourth-order valence-electron chi connectivity index (χ4n) is 2.97. The van der Waals surface area contributed by atoms with Crippen LogP contribution in [0.2, 0.25) is 0 Å². The molecule has 0 aliphatic carbocycles. The quantitative estimate of drug-likeness (QED) is 0.773. The summed E-state index contributed by atoms with van der Waals surface area (Å²) in [4.78, 5) is 20.7. The molecule has 8 heteroatoms. The van der Waals surface area contributed by atoms with E-state index in [0.717, 1.165) is 0 Å². The summed E-state index contributed by atoms with van der Waals surface area (Å²) < 4.78 is 15.3. The second-order valence-electron chi connectivity index (χ2n) is 6.81. The maximum atomic E-state index is 13.9. The Bertz CT molecular complexity index is 1110. The summed E-state index contributed by atoms with van der Waals surface area (Å²) in [5.41, 5.74) is 1.08. The maximum Gasteiger partial charge on any atom is 0.235 e. The van der Waals surface area contributed by atoms with Crippen molar-refractivity contribution in [3.8, 4) is 17.6 Å². The summed E-state index contributed by atoms with van der Waals surface area (Å²) in [5, 5.41) is 16.5. The Balaban J connectivity index is 1.72. The van der Waals surface area contributed by atoms with Gasteiger partial charge in [-0.2, -0.15) is 10.4 Å². The molecule has 27 heavy (non-hydrogen) atoms. The first-order valence-electron chi connectivity index (χ1n) is 8.31. The van der Waals surface area contributed by atoms with E-state index in [-0.39, 0.29) is 29.8 Å². The summed E-state index contributed by atoms with van der Waals surface area (Å²) in [5.74, 6) is 0.219. The number of benzene rings is 1. The van der Waals surface area contributed by atoms with Crippen molar-refractivity contribution in [2.24, 2.45) is 0 Å². The van der Waals surface area contributed by atoms with E-state index in [1.165, 1.54) is 10.7 Å². The zero-order valence-electron chi connectivity index (χ0n) is 14.7. The van der Waals surface area contributed by atoms with E-state index in [2.05, 4.69) is 26.5 Å². The molecule has 0 saturated carbocycles. The molecule has 1 aromatic carbocycles. The lowest BCUT2D eigenvalue weighted by molar-refractivity contribution is -0.119. The van der Waals surface area contributed by atoms with E-state index in [9.17, 15) is 14.4 Å². The topological polar surface area (TPSA) is 96.5 Å². The Kier molecular flexibility index (Phi) is 3.73. The Morgan fingerprint density at radius 3 is 2.85 bits per heavy atom. The van der Waals surface area contributed by atoms with Gasteiger partial charge in [-0.25, -0.2) is 19.0 Å². The van der Waals surface area contributed by atoms with Gasteiger partial charge in [-0.3, -0.25) is 4.79 Å². The van der Waals surface area contributed by atoms with E-state index in [1.54, 1.807) is 44.3 Å². The molecule has 1 amide bonds. The number of hydrogen-bond donors (Lipinski definition) is 1. The normalized spacial score (nSPS) is 14.5. The molecule has 0 bridgehead atoms. The third-order valence-electron chi connectivity index (χ3n) is 4.66. The largest absolute Gasteiger partial charge is 0.310 e. The number of anilines is 1. The summed E-state index contributed by atoms with van der Waals surface area (Å²) in [7, 11) is 0. The zero-order chi connectivity index (χ0) is 19.2. The molecular formula is C19H15FN6O. The minimum absolute atomic E-state index is 0.115. The van der Waals surface area contributed by atoms with Gasteiger partial charge in [0.05, 0.1) is 12.0 Å². The molecule has 4 rings (SSSR count). The molecule has 1 N–H and O–H groups in total. The Morgan fingerprint density at radius 2 is 2.11 bits per heavy atom. The number of nitrogens with one attached hydrogen (secondary N) is 1. The van der Waals surface area contributed by atoms with Crippen molar-refractivity contribution in [1.82, 2.24) is 19.7 Å². The van der Waals surface area contributed by atoms with Gasteiger partial charge in [-0.1, -0.05) is 18.2 Å². The molecule has 7 nitrogen and oxygen atoms in total. The van der Waals surface area contributed by atoms with Crippen molar-refractivity contribution < 1.29 is 9.18 Å². The molecule has 3 aromatic rings. The van der Waals surface area contributed by atoms with Crippen LogP contribution in [0.4, 0.5) is 10.2 Å². The van der Waals surface area contributed by atoms with Crippen LogP contribution in [0, 0.1) is 17.1 Å². The highest BCUT2D eigenvalue weighted by Crippen LogP contribution is 2.36. The van der Waals surface area contributed by atoms with Crippen molar-refractivity contribution in [2.75, 3.05) is 5.32 Å². The molecule has 0 atom stereocenters. The predicted octanol–water partition coefficient (Wildman–Crippen LogP) is 2.63. The van der Waals surface area contributed by atoms with Crippen molar-refractivity contribution in [3.63, 3.8) is 0 Å². The molecule has 1 aliphatic rings. The van der Waals surface area contributed by atoms with Crippen molar-refractivity contribution in [2.45, 2.75) is 25.8 Å². The first-order chi connectivity index (χ1) is 12.9. The molecule has 0 unspecified atom stereocenters. The molecule has 1 aliphatic heterocycles. The third kappa shape index (κ3) is 2.73. The van der Waals surface area contributed by atoms with E-state index in [4.69, 9.17) is 0 Å². The molecule has 0 saturated heterocycles. The molecule has 134 valence electrons. The molecule has 0 fully saturated rings. The van der Waals surface area contributed by atoms with Gasteiger partial charge in [-0.15, -0.1) is 0 Å². The highest BCUT2D eigenvalue weighted by atomic mass is 19.1. The first-order valence-corrected chi connectivity index (χ1v) is 8.31. The number of fused-ring (bicyclic) bond motifs is 1. The summed E-state index contributed by atoms with van der Waals surface area (Å²) >= 11 is 0. The summed E-state index contributed by atoms with van der Waals surface area (Å²) in [6.07, 6.45) is 1.59. The minimum Gasteiger partial charge on any atom is -0.310 e. The maximum absolute atomic E-state index is 13.9. The molecule has 0 spiro atoms. The lowest BCUT2D eigenvalue weighted by Crippen LogP contribution is -2.26. The number of halogens is 1. The van der Waals surface area contributed by atoms with Gasteiger partial charge in [0.25, 0.3) is 0 Å². The van der Waals surface area contributed by atoms with Crippen molar-refractivity contribution >= 4 is 11.7 Å². The van der Waals surface area contributed by atoms with E-state index >= 15 is 0 Å². The van der Waals surface area contributed by atoms with Gasteiger partial charge in [0.1, 0.15) is 29.1 Å². The monoisotopic (exact) mass is 362 g/mol. The number of nitriles is 1. The average molecular weight is 362 g/mol. The number of aromatic nitrogens is 4. The fourth-order valence-corrected chi connectivity index (χ4v) is 2.97. The van der Waals surface area contributed by atoms with E-state index < -0.39 is 5.41 Å². The standard InChI is InChI=1S/C19H15FN6O/c1-19(2)13-9-22-17(23-16(13)24-18(19)27)15-7-12(8-21)26(25-15)10-11-5-3-4-6-14(11)20/h3-7,9H,10H2,1-2H3,(H,22,23,24,27). The zero-order valence-corrected chi connectivity index (χ0v) is 14.7. The van der Waals surface area contributed by atoms with Crippen LogP contribution in [0.15, 0.2) is 36.5 Å². The lowest BCUT2D eigenvalue weighted by atomic mass is 9.88. The predicted molar refractivity (Wildman–Crippen MR) is 95.1 cm³/mol. The number of amides is 1. The number of rotatable bonds is 3.